The van der Waals surface area contributed by atoms with Crippen LogP contribution in [0.1, 0.15) is 66.6 Å². The van der Waals surface area contributed by atoms with Crippen molar-refractivity contribution in [3.63, 3.8) is 0 Å². The highest BCUT2D eigenvalue weighted by Crippen LogP contribution is 2.45. The van der Waals surface area contributed by atoms with Gasteiger partial charge in [-0.3, -0.25) is 4.79 Å². The van der Waals surface area contributed by atoms with Gasteiger partial charge in [0.1, 0.15) is 17.3 Å². The number of allylic oxidation sites excluding steroid dienone is 1. The molecule has 1 aliphatic rings. The van der Waals surface area contributed by atoms with Crippen LogP contribution in [0.15, 0.2) is 42.0 Å². The number of carbonyl (C=O) groups is 3. The maximum absolute atomic E-state index is 13.9. The molecule has 1 heterocycles. The van der Waals surface area contributed by atoms with Gasteiger partial charge < -0.3 is 24.4 Å². The van der Waals surface area contributed by atoms with Crippen molar-refractivity contribution in [2.24, 2.45) is 0 Å². The van der Waals surface area contributed by atoms with Crippen LogP contribution in [-0.4, -0.2) is 46.7 Å². The first kappa shape index (κ1) is 32.3. The Labute approximate surface area is 235 Å². The van der Waals surface area contributed by atoms with Crippen LogP contribution in [0.5, 0.6) is 11.5 Å². The molecule has 1 atom stereocenters. The highest BCUT2D eigenvalue weighted by Gasteiger charge is 2.45. The second-order valence-electron chi connectivity index (χ2n) is 9.35. The third kappa shape index (κ3) is 7.15. The second kappa shape index (κ2) is 12.3. The average Bonchev–Trinajstić information content (AvgIpc) is 2.93. The van der Waals surface area contributed by atoms with Gasteiger partial charge in [0.05, 0.1) is 11.1 Å². The summed E-state index contributed by atoms with van der Waals surface area (Å²) in [6.45, 7) is 1.20. The highest BCUT2D eigenvalue weighted by molar-refractivity contribution is 6.03. The van der Waals surface area contributed by atoms with Crippen LogP contribution in [0.4, 0.5) is 26.3 Å². The quantitative estimate of drug-likeness (QED) is 0.217. The van der Waals surface area contributed by atoms with Crippen LogP contribution >= 0.6 is 0 Å². The third-order valence-electron chi connectivity index (χ3n) is 6.66. The van der Waals surface area contributed by atoms with Crippen molar-refractivity contribution in [2.75, 3.05) is 13.2 Å². The van der Waals surface area contributed by atoms with Crippen LogP contribution in [0, 0.1) is 0 Å². The number of Topliss-reactive ketones (excluding diaryl/α,β-unsaturated/α-hetero) is 1. The lowest BCUT2D eigenvalue weighted by molar-refractivity contribution is -0.143. The Bertz CT molecular complexity index is 1400. The van der Waals surface area contributed by atoms with Gasteiger partial charge in [-0.05, 0) is 67.7 Å². The summed E-state index contributed by atoms with van der Waals surface area (Å²) in [6, 6.07) is 5.23. The van der Waals surface area contributed by atoms with Crippen molar-refractivity contribution < 1.29 is 65.1 Å². The second-order valence-corrected chi connectivity index (χ2v) is 9.35. The summed E-state index contributed by atoms with van der Waals surface area (Å²) in [4.78, 5) is 35.3. The Balaban J connectivity index is 2.06. The molecule has 228 valence electrons. The number of carbonyl (C=O) groups excluding carboxylic acids is 1. The molecule has 0 aliphatic carbocycles. The number of aliphatic carboxylic acids is 2. The van der Waals surface area contributed by atoms with Gasteiger partial charge in [0.25, 0.3) is 0 Å². The van der Waals surface area contributed by atoms with E-state index < -0.39 is 77.1 Å². The van der Waals surface area contributed by atoms with E-state index in [2.05, 4.69) is 0 Å². The molecule has 2 N–H and O–H groups in total. The average molecular weight is 604 g/mol. The molecule has 0 bridgehead atoms. The fraction of sp³-hybridized carbons (Fsp3) is 0.393. The van der Waals surface area contributed by atoms with E-state index in [1.165, 1.54) is 6.07 Å². The minimum atomic E-state index is -5.00. The zero-order valence-corrected chi connectivity index (χ0v) is 22.3. The standard InChI is InChI=1S/C28H26F6O8/c1-3-15-9-10-26(4-2,25(39)17-6-8-21(41-14-23(37)38)19(12-17)28(32,33)34)42-24(15)16-5-7-20(40-13-22(35)36)18(11-16)27(29,30)31/h5-8,11-12H,3-4,9-10,13-14H2,1-2H3,(H,35,36)(H,37,38). The molecule has 0 saturated heterocycles. The van der Waals surface area contributed by atoms with Gasteiger partial charge in [0.15, 0.2) is 18.8 Å². The Hall–Kier alpha value is -4.23. The van der Waals surface area contributed by atoms with Gasteiger partial charge in [-0.1, -0.05) is 13.8 Å². The molecule has 2 aromatic carbocycles. The molecule has 1 unspecified atom stereocenters. The lowest BCUT2D eigenvalue weighted by Crippen LogP contribution is -2.43. The molecule has 42 heavy (non-hydrogen) atoms. The molecule has 0 spiro atoms. The molecule has 0 saturated carbocycles. The molecule has 0 amide bonds. The first-order chi connectivity index (χ1) is 19.5. The maximum Gasteiger partial charge on any atom is 0.419 e. The van der Waals surface area contributed by atoms with Crippen LogP contribution in [0.2, 0.25) is 0 Å². The molecular weight excluding hydrogens is 578 g/mol. The number of ether oxygens (including phenoxy) is 3. The summed E-state index contributed by atoms with van der Waals surface area (Å²) in [6.07, 6.45) is -9.44. The molecule has 8 nitrogen and oxygen atoms in total. The number of carboxylic acids is 2. The van der Waals surface area contributed by atoms with Crippen LogP contribution in [0.25, 0.3) is 5.76 Å². The molecule has 14 heteroatoms. The summed E-state index contributed by atoms with van der Waals surface area (Å²) in [5.41, 5.74) is -4.34. The normalized spacial score (nSPS) is 17.4. The maximum atomic E-state index is 13.9. The van der Waals surface area contributed by atoms with Crippen molar-refractivity contribution in [3.05, 3.63) is 64.2 Å². The van der Waals surface area contributed by atoms with E-state index in [1.54, 1.807) is 13.8 Å². The van der Waals surface area contributed by atoms with Gasteiger partial charge in [-0.15, -0.1) is 0 Å². The van der Waals surface area contributed by atoms with Gasteiger partial charge in [0, 0.05) is 11.1 Å². The molecule has 1 aliphatic heterocycles. The van der Waals surface area contributed by atoms with Crippen molar-refractivity contribution in [1.82, 2.24) is 0 Å². The molecule has 0 aromatic heterocycles. The Morgan fingerprint density at radius 1 is 0.857 bits per heavy atom. The summed E-state index contributed by atoms with van der Waals surface area (Å²) in [5, 5.41) is 17.6. The lowest BCUT2D eigenvalue weighted by Gasteiger charge is -2.38. The third-order valence-corrected chi connectivity index (χ3v) is 6.66. The van der Waals surface area contributed by atoms with Crippen molar-refractivity contribution in [1.29, 1.82) is 0 Å². The largest absolute Gasteiger partial charge is 0.481 e. The number of carboxylic acid groups (broad SMARTS) is 2. The smallest absolute Gasteiger partial charge is 0.419 e. The van der Waals surface area contributed by atoms with Gasteiger partial charge >= 0.3 is 24.3 Å². The summed E-state index contributed by atoms with van der Waals surface area (Å²) < 4.78 is 98.5. The number of hydrogen-bond acceptors (Lipinski definition) is 6. The monoisotopic (exact) mass is 604 g/mol. The number of alkyl halides is 6. The highest BCUT2D eigenvalue weighted by atomic mass is 19.4. The summed E-state index contributed by atoms with van der Waals surface area (Å²) in [7, 11) is 0. The minimum Gasteiger partial charge on any atom is -0.481 e. The van der Waals surface area contributed by atoms with E-state index in [4.69, 9.17) is 24.4 Å². The number of rotatable bonds is 11. The molecule has 0 radical (unpaired) electrons. The number of ketones is 1. The summed E-state index contributed by atoms with van der Waals surface area (Å²) >= 11 is 0. The number of hydrogen-bond donors (Lipinski definition) is 2. The van der Waals surface area contributed by atoms with Crippen molar-refractivity contribution in [2.45, 2.75) is 57.5 Å². The molecule has 0 fully saturated rings. The lowest BCUT2D eigenvalue weighted by atomic mass is 9.81. The zero-order valence-electron chi connectivity index (χ0n) is 22.3. The van der Waals surface area contributed by atoms with Gasteiger partial charge in [-0.2, -0.15) is 26.3 Å². The van der Waals surface area contributed by atoms with Crippen molar-refractivity contribution >= 4 is 23.5 Å². The Morgan fingerprint density at radius 3 is 1.86 bits per heavy atom. The van der Waals surface area contributed by atoms with Crippen LogP contribution in [-0.2, 0) is 26.7 Å². The van der Waals surface area contributed by atoms with Crippen LogP contribution < -0.4 is 9.47 Å². The van der Waals surface area contributed by atoms with E-state index in [0.717, 1.165) is 18.2 Å². The van der Waals surface area contributed by atoms with E-state index in [1.807, 2.05) is 0 Å². The van der Waals surface area contributed by atoms with E-state index in [0.29, 0.717) is 24.1 Å². The minimum absolute atomic E-state index is 0.0273. The molecule has 3 rings (SSSR count). The van der Waals surface area contributed by atoms with Crippen LogP contribution in [0.3, 0.4) is 0 Å². The SMILES string of the molecule is CCC1=C(c2ccc(OCC(=O)O)c(C(F)(F)F)c2)OC(CC)(C(=O)c2ccc(OCC(=O)O)c(C(F)(F)F)c2)CC1. The first-order valence-electron chi connectivity index (χ1n) is 12.6. The number of halogens is 6. The fourth-order valence-corrected chi connectivity index (χ4v) is 4.53. The first-order valence-corrected chi connectivity index (χ1v) is 12.6. The van der Waals surface area contributed by atoms with E-state index in [9.17, 15) is 40.7 Å². The topological polar surface area (TPSA) is 119 Å². The summed E-state index contributed by atoms with van der Waals surface area (Å²) in [5.74, 6) is -5.43. The van der Waals surface area contributed by atoms with Crippen molar-refractivity contribution in [3.8, 4) is 11.5 Å². The zero-order chi connectivity index (χ0) is 31.5. The predicted octanol–water partition coefficient (Wildman–Crippen LogP) is 6.61. The molecular formula is C28H26F6O8. The fourth-order valence-electron chi connectivity index (χ4n) is 4.53. The molecule has 2 aromatic rings. The predicted molar refractivity (Wildman–Crippen MR) is 134 cm³/mol. The Morgan fingerprint density at radius 2 is 1.38 bits per heavy atom. The van der Waals surface area contributed by atoms with E-state index >= 15 is 0 Å². The van der Waals surface area contributed by atoms with Gasteiger partial charge in [-0.25, -0.2) is 9.59 Å². The van der Waals surface area contributed by atoms with Gasteiger partial charge in [0.2, 0.25) is 5.78 Å². The van der Waals surface area contributed by atoms with E-state index in [-0.39, 0.29) is 30.6 Å². The number of benzene rings is 2. The Kier molecular flexibility index (Phi) is 9.48.